The minimum atomic E-state index is -1.53. The molecule has 1 aliphatic rings. The van der Waals surface area contributed by atoms with Gasteiger partial charge in [-0.25, -0.2) is 4.21 Å². The van der Waals surface area contributed by atoms with Crippen molar-refractivity contribution in [2.24, 2.45) is 0 Å². The van der Waals surface area contributed by atoms with E-state index in [1.807, 2.05) is 50.2 Å². The zero-order valence-corrected chi connectivity index (χ0v) is 11.9. The Hall–Kier alpha value is -2.07. The van der Waals surface area contributed by atoms with Crippen LogP contribution >= 0.6 is 0 Å². The van der Waals surface area contributed by atoms with E-state index >= 15 is 0 Å². The van der Waals surface area contributed by atoms with Gasteiger partial charge in [-0.3, -0.25) is 0 Å². The Morgan fingerprint density at radius 2 is 1.75 bits per heavy atom. The summed E-state index contributed by atoms with van der Waals surface area (Å²) in [6.07, 6.45) is 0. The van der Waals surface area contributed by atoms with Crippen molar-refractivity contribution in [1.29, 1.82) is 0 Å². The second-order valence-corrected chi connectivity index (χ2v) is 6.12. The van der Waals surface area contributed by atoms with Gasteiger partial charge in [-0.2, -0.15) is 0 Å². The minimum absolute atomic E-state index is 0.617. The maximum atomic E-state index is 12.3. The van der Waals surface area contributed by atoms with Gasteiger partial charge in [-0.15, -0.1) is 0 Å². The number of furan rings is 1. The maximum Gasteiger partial charge on any atom is 0.245 e. The molecule has 0 aliphatic carbocycles. The van der Waals surface area contributed by atoms with Crippen LogP contribution in [-0.2, 0) is 11.1 Å². The Morgan fingerprint density at radius 3 is 2.60 bits per heavy atom. The average molecular weight is 284 g/mol. The molecule has 4 heteroatoms. The Balaban J connectivity index is 2.10. The van der Waals surface area contributed by atoms with Crippen LogP contribution in [0.2, 0.25) is 0 Å². The molecule has 20 heavy (non-hydrogen) atoms. The highest BCUT2D eigenvalue weighted by Crippen LogP contribution is 2.44. The van der Waals surface area contributed by atoms with Gasteiger partial charge in [0.15, 0.2) is 11.5 Å². The average Bonchev–Trinajstić information content (AvgIpc) is 2.77. The number of fused-ring (bicyclic) bond motifs is 5. The molecule has 0 bridgehead atoms. The fourth-order valence-electron chi connectivity index (χ4n) is 2.53. The number of hydrogen-bond donors (Lipinski definition) is 0. The lowest BCUT2D eigenvalue weighted by molar-refractivity contribution is 0.545. The van der Waals surface area contributed by atoms with Crippen LogP contribution in [0.4, 0.5) is 0 Å². The minimum Gasteiger partial charge on any atom is -0.454 e. The number of rotatable bonds is 0. The Labute approximate surface area is 118 Å². The van der Waals surface area contributed by atoms with E-state index in [0.717, 1.165) is 27.7 Å². The van der Waals surface area contributed by atoms with E-state index in [0.29, 0.717) is 16.4 Å². The molecular weight excluding hydrogens is 272 g/mol. The van der Waals surface area contributed by atoms with E-state index in [9.17, 15) is 4.21 Å². The van der Waals surface area contributed by atoms with E-state index in [-0.39, 0.29) is 0 Å². The van der Waals surface area contributed by atoms with Crippen LogP contribution in [0.25, 0.3) is 22.3 Å². The summed E-state index contributed by atoms with van der Waals surface area (Å²) in [5, 5.41) is 0.857. The van der Waals surface area contributed by atoms with E-state index in [2.05, 4.69) is 0 Å². The number of benzene rings is 2. The highest BCUT2D eigenvalue weighted by atomic mass is 32.2. The third-order valence-electron chi connectivity index (χ3n) is 3.51. The van der Waals surface area contributed by atoms with Gasteiger partial charge in [0.2, 0.25) is 11.1 Å². The van der Waals surface area contributed by atoms with Crippen LogP contribution < -0.4 is 4.18 Å². The first-order chi connectivity index (χ1) is 9.63. The van der Waals surface area contributed by atoms with Gasteiger partial charge >= 0.3 is 0 Å². The molecule has 0 amide bonds. The molecular formula is C16H12O3S. The third-order valence-corrected chi connectivity index (χ3v) is 4.58. The first-order valence-electron chi connectivity index (χ1n) is 6.38. The van der Waals surface area contributed by atoms with Crippen molar-refractivity contribution in [3.05, 3.63) is 47.5 Å². The maximum absolute atomic E-state index is 12.3. The molecule has 2 aromatic carbocycles. The Kier molecular flexibility index (Phi) is 2.32. The quantitative estimate of drug-likeness (QED) is 0.623. The predicted octanol–water partition coefficient (Wildman–Crippen LogP) is 4.13. The van der Waals surface area contributed by atoms with Crippen LogP contribution in [-0.4, -0.2) is 4.21 Å². The molecule has 0 fully saturated rings. The van der Waals surface area contributed by atoms with Gasteiger partial charge in [0.25, 0.3) is 0 Å². The van der Waals surface area contributed by atoms with Crippen molar-refractivity contribution in [1.82, 2.24) is 0 Å². The molecule has 1 atom stereocenters. The molecule has 0 saturated carbocycles. The zero-order chi connectivity index (χ0) is 13.9. The molecule has 100 valence electrons. The van der Waals surface area contributed by atoms with E-state index in [4.69, 9.17) is 8.60 Å². The highest BCUT2D eigenvalue weighted by Gasteiger charge is 2.30. The fraction of sp³-hybridized carbons (Fsp3) is 0.125. The van der Waals surface area contributed by atoms with Crippen molar-refractivity contribution in [3.8, 4) is 17.1 Å². The second kappa shape index (κ2) is 3.96. The normalized spacial score (nSPS) is 16.6. The molecule has 4 rings (SSSR count). The largest absolute Gasteiger partial charge is 0.454 e. The summed E-state index contributed by atoms with van der Waals surface area (Å²) in [6.45, 7) is 3.98. The second-order valence-electron chi connectivity index (χ2n) is 5.08. The third kappa shape index (κ3) is 1.55. The monoisotopic (exact) mass is 284 g/mol. The lowest BCUT2D eigenvalue weighted by Crippen LogP contribution is -2.07. The first kappa shape index (κ1) is 11.7. The molecule has 1 aliphatic heterocycles. The van der Waals surface area contributed by atoms with Gasteiger partial charge in [0.05, 0.1) is 5.56 Å². The molecule has 1 unspecified atom stereocenters. The lowest BCUT2D eigenvalue weighted by atomic mass is 10.1. The predicted molar refractivity (Wildman–Crippen MR) is 78.2 cm³/mol. The summed E-state index contributed by atoms with van der Waals surface area (Å²) in [6, 6.07) is 11.7. The van der Waals surface area contributed by atoms with Gasteiger partial charge < -0.3 is 8.60 Å². The summed E-state index contributed by atoms with van der Waals surface area (Å²) < 4.78 is 23.8. The lowest BCUT2D eigenvalue weighted by Gasteiger charge is -2.15. The molecule has 0 saturated heterocycles. The van der Waals surface area contributed by atoms with E-state index in [1.54, 1.807) is 0 Å². The van der Waals surface area contributed by atoms with Crippen LogP contribution in [0, 0.1) is 13.8 Å². The molecule has 0 N–H and O–H groups in total. The SMILES string of the molecule is Cc1ccc2c(c1)OS(=O)c1c-2oc2cc(C)ccc12. The summed E-state index contributed by atoms with van der Waals surface area (Å²) in [5.74, 6) is 1.27. The summed E-state index contributed by atoms with van der Waals surface area (Å²) in [4.78, 5) is 0.636. The van der Waals surface area contributed by atoms with Crippen LogP contribution in [0.15, 0.2) is 45.7 Å². The molecule has 1 aromatic heterocycles. The Morgan fingerprint density at radius 1 is 1.00 bits per heavy atom. The van der Waals surface area contributed by atoms with Gasteiger partial charge in [0.1, 0.15) is 10.5 Å². The zero-order valence-electron chi connectivity index (χ0n) is 11.1. The van der Waals surface area contributed by atoms with Crippen molar-refractivity contribution >= 4 is 22.0 Å². The Bertz CT molecular complexity index is 877. The number of aryl methyl sites for hydroxylation is 2. The first-order valence-corrected chi connectivity index (χ1v) is 7.45. The summed E-state index contributed by atoms with van der Waals surface area (Å²) in [7, 11) is 0. The molecule has 0 spiro atoms. The summed E-state index contributed by atoms with van der Waals surface area (Å²) >= 11 is -1.53. The smallest absolute Gasteiger partial charge is 0.245 e. The van der Waals surface area contributed by atoms with Gasteiger partial charge in [0, 0.05) is 5.39 Å². The van der Waals surface area contributed by atoms with Gasteiger partial charge in [-0.1, -0.05) is 12.1 Å². The van der Waals surface area contributed by atoms with Crippen molar-refractivity contribution in [3.63, 3.8) is 0 Å². The standard InChI is InChI=1S/C16H12O3S/c1-9-4-6-12-13(7-9)18-15-11-5-3-10(2)8-14(11)19-20(17)16(12)15/h3-8H,1-2H3. The van der Waals surface area contributed by atoms with Crippen LogP contribution in [0.5, 0.6) is 5.75 Å². The van der Waals surface area contributed by atoms with Crippen molar-refractivity contribution < 1.29 is 12.8 Å². The molecule has 0 radical (unpaired) electrons. The highest BCUT2D eigenvalue weighted by molar-refractivity contribution is 7.81. The van der Waals surface area contributed by atoms with Crippen molar-refractivity contribution in [2.45, 2.75) is 18.7 Å². The molecule has 3 aromatic rings. The van der Waals surface area contributed by atoms with Crippen LogP contribution in [0.3, 0.4) is 0 Å². The topological polar surface area (TPSA) is 39.4 Å². The van der Waals surface area contributed by atoms with Gasteiger partial charge in [-0.05, 0) is 49.2 Å². The van der Waals surface area contributed by atoms with E-state index in [1.165, 1.54) is 0 Å². The van der Waals surface area contributed by atoms with Crippen LogP contribution in [0.1, 0.15) is 11.1 Å². The number of hydrogen-bond acceptors (Lipinski definition) is 3. The molecule has 3 nitrogen and oxygen atoms in total. The van der Waals surface area contributed by atoms with E-state index < -0.39 is 11.1 Å². The fourth-order valence-corrected chi connectivity index (χ4v) is 3.57. The van der Waals surface area contributed by atoms with Crippen molar-refractivity contribution in [2.75, 3.05) is 0 Å². The summed E-state index contributed by atoms with van der Waals surface area (Å²) in [5.41, 5.74) is 3.79. The molecule has 2 heterocycles.